The number of amides is 1. The molecule has 0 N–H and O–H groups in total. The van der Waals surface area contributed by atoms with E-state index in [4.69, 9.17) is 0 Å². The Morgan fingerprint density at radius 2 is 1.60 bits per heavy atom. The van der Waals surface area contributed by atoms with Crippen LogP contribution in [0.3, 0.4) is 0 Å². The summed E-state index contributed by atoms with van der Waals surface area (Å²) in [5, 5.41) is 1.99. The van der Waals surface area contributed by atoms with Gasteiger partial charge in [-0.25, -0.2) is 0 Å². The zero-order valence-corrected chi connectivity index (χ0v) is 15.5. The van der Waals surface area contributed by atoms with E-state index >= 15 is 0 Å². The molecule has 0 aliphatic carbocycles. The zero-order valence-electron chi connectivity index (χ0n) is 14.7. The second-order valence-corrected chi connectivity index (χ2v) is 8.48. The first-order valence-corrected chi connectivity index (χ1v) is 10.2. The Bertz CT molecular complexity index is 680. The summed E-state index contributed by atoms with van der Waals surface area (Å²) >= 11 is 1.56. The first-order valence-electron chi connectivity index (χ1n) is 9.33. The van der Waals surface area contributed by atoms with Crippen LogP contribution in [-0.2, 0) is 6.54 Å². The van der Waals surface area contributed by atoms with E-state index in [0.29, 0.717) is 5.41 Å². The molecule has 132 valence electrons. The largest absolute Gasteiger partial charge is 0.338 e. The highest BCUT2D eigenvalue weighted by atomic mass is 32.1. The molecule has 25 heavy (non-hydrogen) atoms. The van der Waals surface area contributed by atoms with Crippen LogP contribution in [0.2, 0.25) is 0 Å². The van der Waals surface area contributed by atoms with Gasteiger partial charge in [0.1, 0.15) is 0 Å². The molecule has 2 fully saturated rings. The third-order valence-corrected chi connectivity index (χ3v) is 6.87. The molecule has 2 aromatic rings. The average molecular weight is 355 g/mol. The maximum Gasteiger partial charge on any atom is 0.263 e. The van der Waals surface area contributed by atoms with Crippen LogP contribution < -0.4 is 0 Å². The highest BCUT2D eigenvalue weighted by Gasteiger charge is 2.38. The number of hydrogen-bond acceptors (Lipinski definition) is 3. The predicted octanol–water partition coefficient (Wildman–Crippen LogP) is 4.27. The van der Waals surface area contributed by atoms with Crippen molar-refractivity contribution in [3.05, 3.63) is 58.3 Å². The van der Waals surface area contributed by atoms with Gasteiger partial charge in [-0.2, -0.15) is 0 Å². The Labute approximate surface area is 154 Å². The summed E-state index contributed by atoms with van der Waals surface area (Å²) in [5.41, 5.74) is 1.88. The van der Waals surface area contributed by atoms with Crippen molar-refractivity contribution in [2.75, 3.05) is 26.2 Å². The summed E-state index contributed by atoms with van der Waals surface area (Å²) in [7, 11) is 0. The van der Waals surface area contributed by atoms with Gasteiger partial charge in [0.2, 0.25) is 0 Å². The molecule has 0 radical (unpaired) electrons. The predicted molar refractivity (Wildman–Crippen MR) is 103 cm³/mol. The molecule has 0 bridgehead atoms. The Morgan fingerprint density at radius 1 is 0.920 bits per heavy atom. The van der Waals surface area contributed by atoms with E-state index in [1.54, 1.807) is 11.3 Å². The van der Waals surface area contributed by atoms with Gasteiger partial charge in [0.25, 0.3) is 5.91 Å². The standard InChI is InChI=1S/C21H26N2OS/c24-20(19-7-4-16-25-19)23-14-10-21(11-15-23)8-12-22(13-9-21)17-18-5-2-1-3-6-18/h1-7,16H,8-15,17H2. The summed E-state index contributed by atoms with van der Waals surface area (Å²) in [4.78, 5) is 18.0. The van der Waals surface area contributed by atoms with Gasteiger partial charge < -0.3 is 4.90 Å². The molecule has 0 atom stereocenters. The molecule has 1 aromatic heterocycles. The lowest BCUT2D eigenvalue weighted by atomic mass is 9.71. The minimum absolute atomic E-state index is 0.228. The number of benzene rings is 1. The highest BCUT2D eigenvalue weighted by molar-refractivity contribution is 7.12. The quantitative estimate of drug-likeness (QED) is 0.822. The molecule has 1 amide bonds. The van der Waals surface area contributed by atoms with Crippen LogP contribution in [0.1, 0.15) is 40.9 Å². The molecular formula is C21H26N2OS. The average Bonchev–Trinajstić information content (AvgIpc) is 3.20. The van der Waals surface area contributed by atoms with Crippen molar-refractivity contribution >= 4 is 17.2 Å². The van der Waals surface area contributed by atoms with Gasteiger partial charge in [0.05, 0.1) is 4.88 Å². The molecule has 0 unspecified atom stereocenters. The number of carbonyl (C=O) groups excluding carboxylic acids is 1. The molecule has 3 heterocycles. The minimum atomic E-state index is 0.228. The fourth-order valence-electron chi connectivity index (χ4n) is 4.27. The second-order valence-electron chi connectivity index (χ2n) is 7.53. The van der Waals surface area contributed by atoms with Gasteiger partial charge in [-0.15, -0.1) is 11.3 Å². The second kappa shape index (κ2) is 7.30. The number of nitrogens with zero attached hydrogens (tertiary/aromatic N) is 2. The van der Waals surface area contributed by atoms with Gasteiger partial charge >= 0.3 is 0 Å². The first kappa shape index (κ1) is 16.8. The fourth-order valence-corrected chi connectivity index (χ4v) is 4.96. The molecule has 1 spiro atoms. The molecule has 2 aliphatic heterocycles. The lowest BCUT2D eigenvalue weighted by Crippen LogP contribution is -2.48. The molecule has 1 aromatic carbocycles. The van der Waals surface area contributed by atoms with Crippen LogP contribution in [-0.4, -0.2) is 41.9 Å². The molecular weight excluding hydrogens is 328 g/mol. The van der Waals surface area contributed by atoms with Crippen molar-refractivity contribution in [2.45, 2.75) is 32.2 Å². The fraction of sp³-hybridized carbons (Fsp3) is 0.476. The maximum absolute atomic E-state index is 12.5. The monoisotopic (exact) mass is 354 g/mol. The summed E-state index contributed by atoms with van der Waals surface area (Å²) < 4.78 is 0. The summed E-state index contributed by atoms with van der Waals surface area (Å²) in [5.74, 6) is 0.228. The van der Waals surface area contributed by atoms with Gasteiger partial charge in [-0.1, -0.05) is 36.4 Å². The SMILES string of the molecule is O=C(c1cccs1)N1CCC2(CCN(Cc3ccccc3)CC2)CC1. The minimum Gasteiger partial charge on any atom is -0.338 e. The van der Waals surface area contributed by atoms with Crippen molar-refractivity contribution in [1.29, 1.82) is 0 Å². The summed E-state index contributed by atoms with van der Waals surface area (Å²) in [6, 6.07) is 14.7. The van der Waals surface area contributed by atoms with E-state index in [2.05, 4.69) is 40.1 Å². The highest BCUT2D eigenvalue weighted by Crippen LogP contribution is 2.41. The summed E-state index contributed by atoms with van der Waals surface area (Å²) in [6.45, 7) is 5.30. The number of carbonyl (C=O) groups is 1. The van der Waals surface area contributed by atoms with Crippen molar-refractivity contribution in [3.63, 3.8) is 0 Å². The lowest BCUT2D eigenvalue weighted by Gasteiger charge is -2.47. The third-order valence-electron chi connectivity index (χ3n) is 6.01. The van der Waals surface area contributed by atoms with E-state index in [1.165, 1.54) is 44.3 Å². The molecule has 3 nitrogen and oxygen atoms in total. The normalized spacial score (nSPS) is 20.7. The van der Waals surface area contributed by atoms with Crippen LogP contribution in [0.15, 0.2) is 47.8 Å². The van der Waals surface area contributed by atoms with Gasteiger partial charge in [0.15, 0.2) is 0 Å². The molecule has 4 heteroatoms. The molecule has 2 saturated heterocycles. The van der Waals surface area contributed by atoms with E-state index in [1.807, 2.05) is 17.5 Å². The van der Waals surface area contributed by atoms with E-state index in [-0.39, 0.29) is 5.91 Å². The third kappa shape index (κ3) is 3.80. The molecule has 4 rings (SSSR count). The van der Waals surface area contributed by atoms with Crippen molar-refractivity contribution in [1.82, 2.24) is 9.80 Å². The first-order chi connectivity index (χ1) is 12.2. The number of thiophene rings is 1. The van der Waals surface area contributed by atoms with Crippen LogP contribution in [0.4, 0.5) is 0 Å². The number of piperidine rings is 2. The van der Waals surface area contributed by atoms with Gasteiger partial charge in [0, 0.05) is 19.6 Å². The van der Waals surface area contributed by atoms with E-state index < -0.39 is 0 Å². The molecule has 2 aliphatic rings. The Kier molecular flexibility index (Phi) is 4.91. The van der Waals surface area contributed by atoms with Crippen LogP contribution >= 0.6 is 11.3 Å². The van der Waals surface area contributed by atoms with Crippen molar-refractivity contribution in [3.8, 4) is 0 Å². The van der Waals surface area contributed by atoms with Crippen LogP contribution in [0.25, 0.3) is 0 Å². The Morgan fingerprint density at radius 3 is 2.24 bits per heavy atom. The van der Waals surface area contributed by atoms with Gasteiger partial charge in [-0.05, 0) is 61.2 Å². The van der Waals surface area contributed by atoms with E-state index in [9.17, 15) is 4.79 Å². The lowest BCUT2D eigenvalue weighted by molar-refractivity contribution is 0.0287. The van der Waals surface area contributed by atoms with Gasteiger partial charge in [-0.3, -0.25) is 9.69 Å². The van der Waals surface area contributed by atoms with Crippen molar-refractivity contribution in [2.24, 2.45) is 5.41 Å². The van der Waals surface area contributed by atoms with Crippen molar-refractivity contribution < 1.29 is 4.79 Å². The smallest absolute Gasteiger partial charge is 0.263 e. The zero-order chi connectivity index (χ0) is 17.1. The number of likely N-dealkylation sites (tertiary alicyclic amines) is 2. The topological polar surface area (TPSA) is 23.6 Å². The number of rotatable bonds is 3. The maximum atomic E-state index is 12.5. The Balaban J connectivity index is 1.29. The van der Waals surface area contributed by atoms with Crippen LogP contribution in [0, 0.1) is 5.41 Å². The Hall–Kier alpha value is -1.65. The molecule has 0 saturated carbocycles. The number of hydrogen-bond donors (Lipinski definition) is 0. The van der Waals surface area contributed by atoms with Crippen LogP contribution in [0.5, 0.6) is 0 Å². The summed E-state index contributed by atoms with van der Waals surface area (Å²) in [6.07, 6.45) is 4.90. The van der Waals surface area contributed by atoms with E-state index in [0.717, 1.165) is 24.5 Å².